The zero-order chi connectivity index (χ0) is 15.8. The van der Waals surface area contributed by atoms with Crippen LogP contribution in [-0.4, -0.2) is 36.5 Å². The molecule has 0 spiro atoms. The highest BCUT2D eigenvalue weighted by Gasteiger charge is 2.19. The van der Waals surface area contributed by atoms with Crippen molar-refractivity contribution in [3.8, 4) is 0 Å². The van der Waals surface area contributed by atoms with Gasteiger partial charge in [-0.1, -0.05) is 18.2 Å². The quantitative estimate of drug-likeness (QED) is 0.633. The number of hydrogen-bond acceptors (Lipinski definition) is 5. The minimum absolute atomic E-state index is 0.393. The fourth-order valence-corrected chi connectivity index (χ4v) is 1.36. The van der Waals surface area contributed by atoms with Crippen molar-refractivity contribution in [3.05, 3.63) is 35.9 Å². The van der Waals surface area contributed by atoms with E-state index in [-0.39, 0.29) is 0 Å². The molecule has 1 atom stereocenters. The molecular weight excluding hydrogens is 278 g/mol. The molecule has 21 heavy (non-hydrogen) atoms. The lowest BCUT2D eigenvalue weighted by atomic mass is 10.2. The average Bonchev–Trinajstić information content (AvgIpc) is 2.44. The van der Waals surface area contributed by atoms with E-state index >= 15 is 0 Å². The zero-order valence-corrected chi connectivity index (χ0v) is 11.3. The first-order valence-electron chi connectivity index (χ1n) is 6.03. The molecule has 0 unspecified atom stereocenters. The maximum absolute atomic E-state index is 11.7. The average molecular weight is 293 g/mol. The summed E-state index contributed by atoms with van der Waals surface area (Å²) in [5.74, 6) is -2.10. The molecule has 8 nitrogen and oxygen atoms in total. The molecule has 112 valence electrons. The van der Waals surface area contributed by atoms with Gasteiger partial charge < -0.3 is 15.8 Å². The Kier molecular flexibility index (Phi) is 5.87. The monoisotopic (exact) mass is 293 g/mol. The van der Waals surface area contributed by atoms with Crippen LogP contribution >= 0.6 is 0 Å². The van der Waals surface area contributed by atoms with Crippen molar-refractivity contribution in [1.82, 2.24) is 10.6 Å². The van der Waals surface area contributed by atoms with Crippen molar-refractivity contribution in [2.75, 3.05) is 6.54 Å². The minimum atomic E-state index is -1.20. The molecule has 0 aliphatic rings. The summed E-state index contributed by atoms with van der Waals surface area (Å²) in [5.41, 5.74) is 5.15. The molecule has 0 radical (unpaired) electrons. The van der Waals surface area contributed by atoms with Crippen LogP contribution in [0.5, 0.6) is 0 Å². The van der Waals surface area contributed by atoms with E-state index in [1.54, 1.807) is 35.6 Å². The van der Waals surface area contributed by atoms with E-state index in [0.29, 0.717) is 5.56 Å². The molecular formula is C13H15N3O5. The van der Waals surface area contributed by atoms with Crippen LogP contribution in [-0.2, 0) is 14.3 Å². The van der Waals surface area contributed by atoms with Gasteiger partial charge in [-0.05, 0) is 19.1 Å². The van der Waals surface area contributed by atoms with Crippen LogP contribution < -0.4 is 16.4 Å². The number of nitrogens with two attached hydrogens (primary N) is 1. The Hall–Kier alpha value is -2.90. The van der Waals surface area contributed by atoms with E-state index in [1.807, 2.05) is 0 Å². The second kappa shape index (κ2) is 7.63. The van der Waals surface area contributed by atoms with E-state index < -0.39 is 36.5 Å². The number of hydrogen-bond donors (Lipinski definition) is 3. The number of imide groups is 1. The number of nitrogens with one attached hydrogen (secondary N) is 2. The fraction of sp³-hybridized carbons (Fsp3) is 0.231. The highest BCUT2D eigenvalue weighted by molar-refractivity contribution is 5.97. The number of amides is 4. The van der Waals surface area contributed by atoms with Gasteiger partial charge in [-0.2, -0.15) is 0 Å². The predicted octanol–water partition coefficient (Wildman–Crippen LogP) is -0.457. The van der Waals surface area contributed by atoms with Crippen LogP contribution in [0.1, 0.15) is 17.3 Å². The van der Waals surface area contributed by atoms with E-state index in [2.05, 4.69) is 5.32 Å². The molecule has 4 amide bonds. The van der Waals surface area contributed by atoms with E-state index in [4.69, 9.17) is 10.5 Å². The zero-order valence-electron chi connectivity index (χ0n) is 11.3. The summed E-state index contributed by atoms with van der Waals surface area (Å²) in [7, 11) is 0. The molecule has 0 fully saturated rings. The van der Waals surface area contributed by atoms with Crippen LogP contribution in [0.3, 0.4) is 0 Å². The standard InChI is InChI=1S/C13H15N3O5/c1-8(11(18)16-13(14)20)21-10(17)7-15-12(19)9-5-3-2-4-6-9/h2-6,8H,7H2,1H3,(H,15,19)(H3,14,16,18,20)/t8-/m0/s1. The molecule has 0 aromatic heterocycles. The maximum atomic E-state index is 11.7. The lowest BCUT2D eigenvalue weighted by Gasteiger charge is -2.12. The Labute approximate surface area is 120 Å². The summed E-state index contributed by atoms with van der Waals surface area (Å²) in [6, 6.07) is 7.25. The lowest BCUT2D eigenvalue weighted by molar-refractivity contribution is -0.153. The Balaban J connectivity index is 2.39. The van der Waals surface area contributed by atoms with Crippen molar-refractivity contribution in [1.29, 1.82) is 0 Å². The molecule has 0 aliphatic heterocycles. The topological polar surface area (TPSA) is 128 Å². The predicted molar refractivity (Wildman–Crippen MR) is 72.1 cm³/mol. The molecule has 1 rings (SSSR count). The van der Waals surface area contributed by atoms with Crippen molar-refractivity contribution in [2.24, 2.45) is 5.73 Å². The molecule has 1 aromatic carbocycles. The maximum Gasteiger partial charge on any atom is 0.326 e. The summed E-state index contributed by atoms with van der Waals surface area (Å²) in [6.07, 6.45) is -1.20. The minimum Gasteiger partial charge on any atom is -0.451 e. The highest BCUT2D eigenvalue weighted by atomic mass is 16.5. The number of ether oxygens (including phenoxy) is 1. The van der Waals surface area contributed by atoms with Crippen LogP contribution in [0, 0.1) is 0 Å². The van der Waals surface area contributed by atoms with E-state index in [9.17, 15) is 19.2 Å². The first-order chi connectivity index (χ1) is 9.90. The lowest BCUT2D eigenvalue weighted by Crippen LogP contribution is -2.43. The summed E-state index contributed by atoms with van der Waals surface area (Å²) in [4.78, 5) is 44.8. The van der Waals surface area contributed by atoms with E-state index in [0.717, 1.165) is 0 Å². The number of benzene rings is 1. The molecule has 8 heteroatoms. The van der Waals surface area contributed by atoms with Gasteiger partial charge in [0.2, 0.25) is 0 Å². The van der Waals surface area contributed by atoms with Crippen LogP contribution in [0.2, 0.25) is 0 Å². The largest absolute Gasteiger partial charge is 0.451 e. The van der Waals surface area contributed by atoms with E-state index in [1.165, 1.54) is 6.92 Å². The molecule has 0 bridgehead atoms. The second-order valence-electron chi connectivity index (χ2n) is 4.03. The Morgan fingerprint density at radius 1 is 1.19 bits per heavy atom. The summed E-state index contributed by atoms with van der Waals surface area (Å²) in [5, 5.41) is 4.12. The van der Waals surface area contributed by atoms with Gasteiger partial charge in [-0.25, -0.2) is 4.79 Å². The Bertz CT molecular complexity index is 544. The molecule has 0 aliphatic carbocycles. The number of esters is 1. The van der Waals surface area contributed by atoms with Crippen molar-refractivity contribution in [3.63, 3.8) is 0 Å². The third kappa shape index (κ3) is 5.72. The summed E-state index contributed by atoms with van der Waals surface area (Å²) >= 11 is 0. The molecule has 0 saturated carbocycles. The smallest absolute Gasteiger partial charge is 0.326 e. The number of carbonyl (C=O) groups is 4. The van der Waals surface area contributed by atoms with Gasteiger partial charge in [-0.15, -0.1) is 0 Å². The van der Waals surface area contributed by atoms with Crippen LogP contribution in [0.15, 0.2) is 30.3 Å². The molecule has 4 N–H and O–H groups in total. The summed E-state index contributed by atoms with van der Waals surface area (Å²) in [6.45, 7) is 0.872. The van der Waals surface area contributed by atoms with Gasteiger partial charge in [0.25, 0.3) is 11.8 Å². The van der Waals surface area contributed by atoms with Gasteiger partial charge in [0.15, 0.2) is 6.10 Å². The van der Waals surface area contributed by atoms with Crippen LogP contribution in [0.4, 0.5) is 4.79 Å². The van der Waals surface area contributed by atoms with Gasteiger partial charge >= 0.3 is 12.0 Å². The Morgan fingerprint density at radius 3 is 2.38 bits per heavy atom. The van der Waals surface area contributed by atoms with Gasteiger partial charge in [-0.3, -0.25) is 19.7 Å². The van der Waals surface area contributed by atoms with Gasteiger partial charge in [0.05, 0.1) is 0 Å². The van der Waals surface area contributed by atoms with Crippen LogP contribution in [0.25, 0.3) is 0 Å². The number of carbonyl (C=O) groups excluding carboxylic acids is 4. The van der Waals surface area contributed by atoms with Crippen molar-refractivity contribution in [2.45, 2.75) is 13.0 Å². The molecule has 1 aromatic rings. The number of urea groups is 1. The Morgan fingerprint density at radius 2 is 1.81 bits per heavy atom. The number of rotatable bonds is 5. The SMILES string of the molecule is C[C@H](OC(=O)CNC(=O)c1ccccc1)C(=O)NC(N)=O. The first kappa shape index (κ1) is 16.2. The van der Waals surface area contributed by atoms with Gasteiger partial charge in [0, 0.05) is 5.56 Å². The first-order valence-corrected chi connectivity index (χ1v) is 6.03. The van der Waals surface area contributed by atoms with Crippen molar-refractivity contribution >= 4 is 23.8 Å². The highest BCUT2D eigenvalue weighted by Crippen LogP contribution is 1.98. The summed E-state index contributed by atoms with van der Waals surface area (Å²) < 4.78 is 4.73. The second-order valence-corrected chi connectivity index (χ2v) is 4.03. The third-order valence-electron chi connectivity index (χ3n) is 2.35. The molecule has 0 saturated heterocycles. The third-order valence-corrected chi connectivity index (χ3v) is 2.35. The van der Waals surface area contributed by atoms with Gasteiger partial charge in [0.1, 0.15) is 6.54 Å². The normalized spacial score (nSPS) is 11.1. The number of primary amides is 1. The fourth-order valence-electron chi connectivity index (χ4n) is 1.36. The molecule has 0 heterocycles. The van der Waals surface area contributed by atoms with Crippen molar-refractivity contribution < 1.29 is 23.9 Å².